The first-order valence-electron chi connectivity index (χ1n) is 6.54. The Morgan fingerprint density at radius 2 is 2.00 bits per heavy atom. The van der Waals surface area contributed by atoms with Crippen LogP contribution in [0.1, 0.15) is 31.9 Å². The molecule has 0 spiro atoms. The molecular formula is C13H17N3O2. The number of nitrogens with zero attached hydrogens (tertiary/aromatic N) is 2. The van der Waals surface area contributed by atoms with Crippen molar-refractivity contribution in [2.75, 3.05) is 0 Å². The fourth-order valence-electron chi connectivity index (χ4n) is 3.23. The maximum absolute atomic E-state index is 12.3. The number of amides is 2. The summed E-state index contributed by atoms with van der Waals surface area (Å²) in [6, 6.07) is 1.80. The van der Waals surface area contributed by atoms with Crippen molar-refractivity contribution < 1.29 is 9.59 Å². The molecule has 3 rings (SSSR count). The molecule has 0 aromatic carbocycles. The third-order valence-corrected chi connectivity index (χ3v) is 4.29. The number of H-pyrrole nitrogens is 1. The molecule has 1 aromatic heterocycles. The molecule has 1 saturated carbocycles. The number of imide groups is 1. The second kappa shape index (κ2) is 4.23. The highest BCUT2D eigenvalue weighted by Crippen LogP contribution is 2.44. The van der Waals surface area contributed by atoms with E-state index in [0.717, 1.165) is 25.0 Å². The largest absolute Gasteiger partial charge is 0.281 e. The number of rotatable bonds is 3. The Kier molecular flexibility index (Phi) is 2.69. The molecule has 2 aliphatic rings. The molecule has 2 unspecified atom stereocenters. The van der Waals surface area contributed by atoms with Crippen LogP contribution in [-0.4, -0.2) is 26.9 Å². The van der Waals surface area contributed by atoms with Crippen LogP contribution >= 0.6 is 0 Å². The summed E-state index contributed by atoms with van der Waals surface area (Å²) in [4.78, 5) is 25.9. The predicted molar refractivity (Wildman–Crippen MR) is 64.1 cm³/mol. The molecule has 18 heavy (non-hydrogen) atoms. The summed E-state index contributed by atoms with van der Waals surface area (Å²) < 4.78 is 0. The van der Waals surface area contributed by atoms with E-state index in [-0.39, 0.29) is 23.7 Å². The zero-order valence-electron chi connectivity index (χ0n) is 10.4. The fourth-order valence-corrected chi connectivity index (χ4v) is 3.23. The Labute approximate surface area is 106 Å². The molecule has 5 nitrogen and oxygen atoms in total. The van der Waals surface area contributed by atoms with E-state index in [0.29, 0.717) is 12.5 Å². The summed E-state index contributed by atoms with van der Waals surface area (Å²) in [5.41, 5.74) is 0.809. The molecule has 1 aliphatic carbocycles. The van der Waals surface area contributed by atoms with Gasteiger partial charge in [-0.1, -0.05) is 13.3 Å². The molecule has 2 amide bonds. The van der Waals surface area contributed by atoms with Gasteiger partial charge in [0.1, 0.15) is 0 Å². The molecule has 1 N–H and O–H groups in total. The summed E-state index contributed by atoms with van der Waals surface area (Å²) in [5, 5.41) is 6.63. The summed E-state index contributed by atoms with van der Waals surface area (Å²) in [7, 11) is 0. The number of hydrogen-bond donors (Lipinski definition) is 1. The van der Waals surface area contributed by atoms with Gasteiger partial charge >= 0.3 is 0 Å². The van der Waals surface area contributed by atoms with E-state index in [1.54, 1.807) is 12.3 Å². The van der Waals surface area contributed by atoms with E-state index in [2.05, 4.69) is 17.1 Å². The van der Waals surface area contributed by atoms with Crippen LogP contribution in [0.4, 0.5) is 0 Å². The van der Waals surface area contributed by atoms with E-state index in [1.807, 2.05) is 0 Å². The summed E-state index contributed by atoms with van der Waals surface area (Å²) in [6.45, 7) is 2.46. The van der Waals surface area contributed by atoms with Crippen LogP contribution in [-0.2, 0) is 16.1 Å². The second-order valence-electron chi connectivity index (χ2n) is 5.30. The first-order chi connectivity index (χ1) is 8.70. The maximum atomic E-state index is 12.3. The smallest absolute Gasteiger partial charge is 0.233 e. The lowest BCUT2D eigenvalue weighted by molar-refractivity contribution is -0.141. The van der Waals surface area contributed by atoms with Crippen LogP contribution in [0.15, 0.2) is 12.3 Å². The Morgan fingerprint density at radius 3 is 2.50 bits per heavy atom. The van der Waals surface area contributed by atoms with Crippen molar-refractivity contribution in [1.82, 2.24) is 15.1 Å². The number of aromatic nitrogens is 2. The van der Waals surface area contributed by atoms with E-state index in [4.69, 9.17) is 0 Å². The van der Waals surface area contributed by atoms with Crippen LogP contribution in [0.3, 0.4) is 0 Å². The Hall–Kier alpha value is -1.65. The average Bonchev–Trinajstić information content (AvgIpc) is 3.06. The number of likely N-dealkylation sites (tertiary alicyclic amines) is 1. The average molecular weight is 247 g/mol. The van der Waals surface area contributed by atoms with Gasteiger partial charge in [-0.25, -0.2) is 0 Å². The minimum Gasteiger partial charge on any atom is -0.281 e. The maximum Gasteiger partial charge on any atom is 0.233 e. The van der Waals surface area contributed by atoms with E-state index in [9.17, 15) is 9.59 Å². The van der Waals surface area contributed by atoms with Crippen molar-refractivity contribution in [3.63, 3.8) is 0 Å². The number of aromatic amines is 1. The van der Waals surface area contributed by atoms with Crippen molar-refractivity contribution in [2.24, 2.45) is 17.8 Å². The zero-order chi connectivity index (χ0) is 12.7. The molecule has 1 saturated heterocycles. The number of hydrogen-bond acceptors (Lipinski definition) is 3. The normalized spacial score (nSPS) is 31.2. The second-order valence-corrected chi connectivity index (χ2v) is 5.30. The highest BCUT2D eigenvalue weighted by Gasteiger charge is 2.52. The highest BCUT2D eigenvalue weighted by molar-refractivity contribution is 6.05. The van der Waals surface area contributed by atoms with Crippen LogP contribution in [0.25, 0.3) is 0 Å². The van der Waals surface area contributed by atoms with Gasteiger partial charge in [0, 0.05) is 6.20 Å². The topological polar surface area (TPSA) is 66.1 Å². The van der Waals surface area contributed by atoms with Gasteiger partial charge in [-0.15, -0.1) is 0 Å². The molecule has 1 aliphatic heterocycles. The van der Waals surface area contributed by atoms with Crippen LogP contribution in [0.5, 0.6) is 0 Å². The molecule has 0 radical (unpaired) electrons. The van der Waals surface area contributed by atoms with Gasteiger partial charge in [0.25, 0.3) is 0 Å². The van der Waals surface area contributed by atoms with Gasteiger partial charge < -0.3 is 0 Å². The number of carbonyl (C=O) groups is 2. The lowest BCUT2D eigenvalue weighted by Crippen LogP contribution is -2.31. The monoisotopic (exact) mass is 247 g/mol. The third kappa shape index (κ3) is 1.65. The van der Waals surface area contributed by atoms with Gasteiger partial charge in [0.05, 0.1) is 24.1 Å². The third-order valence-electron chi connectivity index (χ3n) is 4.29. The van der Waals surface area contributed by atoms with Gasteiger partial charge in [-0.3, -0.25) is 19.6 Å². The van der Waals surface area contributed by atoms with Gasteiger partial charge in [-0.05, 0) is 24.8 Å². The van der Waals surface area contributed by atoms with Crippen LogP contribution in [0, 0.1) is 17.8 Å². The Balaban J connectivity index is 1.76. The standard InChI is InChI=1S/C13H17N3O2/c1-2-8-5-10-11(6-8)13(18)16(12(10)17)7-9-3-4-14-15-9/h3-4,8,10-11H,2,5-7H2,1H3,(H,14,15). The predicted octanol–water partition coefficient (Wildman–Crippen LogP) is 1.33. The first-order valence-corrected chi connectivity index (χ1v) is 6.54. The van der Waals surface area contributed by atoms with Crippen LogP contribution < -0.4 is 0 Å². The first kappa shape index (κ1) is 11.4. The van der Waals surface area contributed by atoms with Crippen molar-refractivity contribution in [2.45, 2.75) is 32.7 Å². The summed E-state index contributed by atoms with van der Waals surface area (Å²) in [6.07, 6.45) is 4.46. The SMILES string of the molecule is CCC1CC2C(=O)N(Cc3ccn[nH]3)C(=O)C2C1. The molecule has 2 atom stereocenters. The quantitative estimate of drug-likeness (QED) is 0.819. The molecule has 5 heteroatoms. The summed E-state index contributed by atoms with van der Waals surface area (Å²) >= 11 is 0. The number of fused-ring (bicyclic) bond motifs is 1. The molecule has 96 valence electrons. The minimum atomic E-state index is -0.0645. The van der Waals surface area contributed by atoms with Crippen LogP contribution in [0.2, 0.25) is 0 Å². The minimum absolute atomic E-state index is 0.00977. The lowest BCUT2D eigenvalue weighted by Gasteiger charge is -2.16. The lowest BCUT2D eigenvalue weighted by atomic mass is 10.00. The molecular weight excluding hydrogens is 230 g/mol. The Bertz CT molecular complexity index is 445. The van der Waals surface area contributed by atoms with Crippen molar-refractivity contribution >= 4 is 11.8 Å². The number of carbonyl (C=O) groups excluding carboxylic acids is 2. The van der Waals surface area contributed by atoms with E-state index >= 15 is 0 Å². The van der Waals surface area contributed by atoms with Crippen molar-refractivity contribution in [3.8, 4) is 0 Å². The van der Waals surface area contributed by atoms with E-state index < -0.39 is 0 Å². The number of nitrogens with one attached hydrogen (secondary N) is 1. The molecule has 0 bridgehead atoms. The zero-order valence-corrected chi connectivity index (χ0v) is 10.4. The molecule has 2 heterocycles. The van der Waals surface area contributed by atoms with Gasteiger partial charge in [0.15, 0.2) is 0 Å². The van der Waals surface area contributed by atoms with Gasteiger partial charge in [0.2, 0.25) is 11.8 Å². The Morgan fingerprint density at radius 1 is 1.33 bits per heavy atom. The molecule has 2 fully saturated rings. The van der Waals surface area contributed by atoms with Gasteiger partial charge in [-0.2, -0.15) is 5.10 Å². The summed E-state index contributed by atoms with van der Waals surface area (Å²) in [5.74, 6) is 0.434. The fraction of sp³-hybridized carbons (Fsp3) is 0.615. The highest BCUT2D eigenvalue weighted by atomic mass is 16.2. The molecule has 1 aromatic rings. The van der Waals surface area contributed by atoms with Crippen molar-refractivity contribution in [3.05, 3.63) is 18.0 Å². The van der Waals surface area contributed by atoms with Crippen molar-refractivity contribution in [1.29, 1.82) is 0 Å². The van der Waals surface area contributed by atoms with E-state index in [1.165, 1.54) is 4.90 Å².